The molecule has 0 radical (unpaired) electrons. The molecule has 1 aromatic heterocycles. The van der Waals surface area contributed by atoms with Gasteiger partial charge in [-0.05, 0) is 17.2 Å². The minimum Gasteiger partial charge on any atom is -0.394 e. The van der Waals surface area contributed by atoms with Gasteiger partial charge in [-0.25, -0.2) is 4.98 Å². The Balaban J connectivity index is 2.29. The molecule has 1 aliphatic heterocycles. The Morgan fingerprint density at radius 1 is 1.54 bits per heavy atom. The third-order valence-electron chi connectivity index (χ3n) is 1.89. The van der Waals surface area contributed by atoms with Crippen molar-refractivity contribution < 1.29 is 0 Å². The number of hydrogen-bond acceptors (Lipinski definition) is 4. The number of aromatic nitrogens is 2. The van der Waals surface area contributed by atoms with Crippen LogP contribution in [-0.4, -0.2) is 23.1 Å². The van der Waals surface area contributed by atoms with E-state index in [0.717, 1.165) is 13.1 Å². The van der Waals surface area contributed by atoms with Crippen molar-refractivity contribution in [3.05, 3.63) is 23.6 Å². The fourth-order valence-electron chi connectivity index (χ4n) is 1.26. The van der Waals surface area contributed by atoms with Gasteiger partial charge in [0, 0.05) is 13.1 Å². The number of halogens is 1. The lowest BCUT2D eigenvalue weighted by Crippen LogP contribution is -2.40. The molecule has 2 N–H and O–H groups in total. The van der Waals surface area contributed by atoms with Crippen molar-refractivity contribution in [3.63, 3.8) is 0 Å². The summed E-state index contributed by atoms with van der Waals surface area (Å²) in [6, 6.07) is 0. The number of nitrogen functional groups attached to an aromatic ring is 1. The summed E-state index contributed by atoms with van der Waals surface area (Å²) in [6.45, 7) is 5.44. The Kier molecular flexibility index (Phi) is 1.84. The van der Waals surface area contributed by atoms with E-state index >= 15 is 0 Å². The normalized spacial score (nSPS) is 15.8. The maximum absolute atomic E-state index is 5.69. The van der Waals surface area contributed by atoms with Gasteiger partial charge in [0.15, 0.2) is 5.82 Å². The van der Waals surface area contributed by atoms with Crippen molar-refractivity contribution in [2.45, 2.75) is 0 Å². The SMILES string of the molecule is C=C1CN(c2nc(Cl)ncc2N)C1. The van der Waals surface area contributed by atoms with Gasteiger partial charge in [-0.2, -0.15) is 4.98 Å². The molecular formula is C8H9ClN4. The molecule has 4 nitrogen and oxygen atoms in total. The predicted octanol–water partition coefficient (Wildman–Crippen LogP) is 1.09. The predicted molar refractivity (Wildman–Crippen MR) is 52.8 cm³/mol. The van der Waals surface area contributed by atoms with E-state index < -0.39 is 0 Å². The van der Waals surface area contributed by atoms with Gasteiger partial charge in [-0.15, -0.1) is 0 Å². The van der Waals surface area contributed by atoms with Gasteiger partial charge in [0.2, 0.25) is 5.28 Å². The summed E-state index contributed by atoms with van der Waals surface area (Å²) in [7, 11) is 0. The van der Waals surface area contributed by atoms with Crippen LogP contribution in [0.3, 0.4) is 0 Å². The Labute approximate surface area is 81.0 Å². The maximum atomic E-state index is 5.69. The summed E-state index contributed by atoms with van der Waals surface area (Å²) < 4.78 is 0. The first-order chi connectivity index (χ1) is 6.16. The zero-order chi connectivity index (χ0) is 9.42. The van der Waals surface area contributed by atoms with Crippen molar-refractivity contribution >= 4 is 23.1 Å². The van der Waals surface area contributed by atoms with E-state index in [1.165, 1.54) is 11.8 Å². The van der Waals surface area contributed by atoms with Crippen LogP contribution in [0.25, 0.3) is 0 Å². The number of nitrogens with zero attached hydrogens (tertiary/aromatic N) is 3. The first kappa shape index (κ1) is 8.31. The summed E-state index contributed by atoms with van der Waals surface area (Å²) in [5.41, 5.74) is 7.42. The monoisotopic (exact) mass is 196 g/mol. The van der Waals surface area contributed by atoms with Gasteiger partial charge in [-0.3, -0.25) is 0 Å². The molecule has 5 heteroatoms. The summed E-state index contributed by atoms with van der Waals surface area (Å²) >= 11 is 5.65. The number of nitrogens with two attached hydrogens (primary N) is 1. The van der Waals surface area contributed by atoms with E-state index in [4.69, 9.17) is 17.3 Å². The third kappa shape index (κ3) is 1.45. The molecule has 2 heterocycles. The van der Waals surface area contributed by atoms with Crippen LogP contribution in [0.1, 0.15) is 0 Å². The van der Waals surface area contributed by atoms with Crippen molar-refractivity contribution in [1.29, 1.82) is 0 Å². The van der Waals surface area contributed by atoms with E-state index in [1.54, 1.807) is 0 Å². The second kappa shape index (κ2) is 2.88. The van der Waals surface area contributed by atoms with Crippen molar-refractivity contribution in [1.82, 2.24) is 9.97 Å². The number of rotatable bonds is 1. The molecule has 0 spiro atoms. The van der Waals surface area contributed by atoms with E-state index in [1.807, 2.05) is 4.90 Å². The highest BCUT2D eigenvalue weighted by atomic mass is 35.5. The lowest BCUT2D eigenvalue weighted by Gasteiger charge is -2.34. The van der Waals surface area contributed by atoms with Crippen LogP contribution in [0.5, 0.6) is 0 Å². The van der Waals surface area contributed by atoms with Crippen LogP contribution in [0.4, 0.5) is 11.5 Å². The quantitative estimate of drug-likeness (QED) is 0.540. The number of hydrogen-bond donors (Lipinski definition) is 1. The smallest absolute Gasteiger partial charge is 0.224 e. The van der Waals surface area contributed by atoms with E-state index in [-0.39, 0.29) is 5.28 Å². The minimum absolute atomic E-state index is 0.224. The van der Waals surface area contributed by atoms with Gasteiger partial charge in [-0.1, -0.05) is 6.58 Å². The fourth-order valence-corrected chi connectivity index (χ4v) is 1.39. The molecule has 13 heavy (non-hydrogen) atoms. The lowest BCUT2D eigenvalue weighted by molar-refractivity contribution is 0.761. The topological polar surface area (TPSA) is 55.0 Å². The van der Waals surface area contributed by atoms with Gasteiger partial charge in [0.25, 0.3) is 0 Å². The lowest BCUT2D eigenvalue weighted by atomic mass is 10.1. The van der Waals surface area contributed by atoms with Crippen LogP contribution < -0.4 is 10.6 Å². The minimum atomic E-state index is 0.224. The first-order valence-electron chi connectivity index (χ1n) is 3.86. The average molecular weight is 197 g/mol. The standard InChI is InChI=1S/C8H9ClN4/c1-5-3-13(4-5)7-6(10)2-11-8(9)12-7/h2H,1,3-4,10H2. The molecule has 1 aromatic rings. The molecule has 0 aliphatic carbocycles. The Morgan fingerprint density at radius 3 is 2.85 bits per heavy atom. The molecule has 0 aromatic carbocycles. The second-order valence-corrected chi connectivity index (χ2v) is 3.36. The largest absolute Gasteiger partial charge is 0.394 e. The van der Waals surface area contributed by atoms with E-state index in [0.29, 0.717) is 11.5 Å². The third-order valence-corrected chi connectivity index (χ3v) is 2.08. The molecule has 1 aliphatic rings. The summed E-state index contributed by atoms with van der Waals surface area (Å²) in [6.07, 6.45) is 1.52. The molecule has 0 atom stereocenters. The molecule has 1 saturated heterocycles. The molecule has 1 fully saturated rings. The first-order valence-corrected chi connectivity index (χ1v) is 4.24. The summed E-state index contributed by atoms with van der Waals surface area (Å²) in [5.74, 6) is 0.701. The number of anilines is 2. The van der Waals surface area contributed by atoms with Crippen molar-refractivity contribution in [2.24, 2.45) is 0 Å². The zero-order valence-electron chi connectivity index (χ0n) is 7.00. The Morgan fingerprint density at radius 2 is 2.23 bits per heavy atom. The molecule has 0 saturated carbocycles. The Hall–Kier alpha value is -1.29. The fraction of sp³-hybridized carbons (Fsp3) is 0.250. The molecule has 68 valence electrons. The second-order valence-electron chi connectivity index (χ2n) is 3.02. The molecular weight excluding hydrogens is 188 g/mol. The highest BCUT2D eigenvalue weighted by Crippen LogP contribution is 2.26. The van der Waals surface area contributed by atoms with E-state index in [2.05, 4.69) is 16.5 Å². The van der Waals surface area contributed by atoms with Gasteiger partial charge >= 0.3 is 0 Å². The maximum Gasteiger partial charge on any atom is 0.224 e. The van der Waals surface area contributed by atoms with Crippen LogP contribution in [-0.2, 0) is 0 Å². The van der Waals surface area contributed by atoms with Crippen LogP contribution in [0.15, 0.2) is 18.3 Å². The molecule has 0 bridgehead atoms. The van der Waals surface area contributed by atoms with Crippen LogP contribution in [0.2, 0.25) is 5.28 Å². The van der Waals surface area contributed by atoms with Gasteiger partial charge in [0.05, 0.1) is 11.9 Å². The average Bonchev–Trinajstić information content (AvgIpc) is 2.04. The van der Waals surface area contributed by atoms with Crippen LogP contribution >= 0.6 is 11.6 Å². The molecule has 0 amide bonds. The zero-order valence-corrected chi connectivity index (χ0v) is 7.75. The highest BCUT2D eigenvalue weighted by molar-refractivity contribution is 6.28. The van der Waals surface area contributed by atoms with Gasteiger partial charge in [0.1, 0.15) is 0 Å². The molecule has 2 rings (SSSR count). The highest BCUT2D eigenvalue weighted by Gasteiger charge is 2.21. The van der Waals surface area contributed by atoms with Crippen molar-refractivity contribution in [2.75, 3.05) is 23.7 Å². The van der Waals surface area contributed by atoms with Crippen LogP contribution in [0, 0.1) is 0 Å². The van der Waals surface area contributed by atoms with Crippen molar-refractivity contribution in [3.8, 4) is 0 Å². The van der Waals surface area contributed by atoms with E-state index in [9.17, 15) is 0 Å². The Bertz CT molecular complexity index is 355. The summed E-state index contributed by atoms with van der Waals surface area (Å²) in [4.78, 5) is 9.83. The summed E-state index contributed by atoms with van der Waals surface area (Å²) in [5, 5.41) is 0.224. The molecule has 0 unspecified atom stereocenters. The van der Waals surface area contributed by atoms with Gasteiger partial charge < -0.3 is 10.6 Å².